The third kappa shape index (κ3) is 8.75. The van der Waals surface area contributed by atoms with Crippen molar-refractivity contribution >= 4 is 57.8 Å². The number of hydrogen-bond acceptors (Lipinski definition) is 4. The van der Waals surface area contributed by atoms with Crippen LogP contribution < -0.4 is 32.3 Å². The molecule has 2 amide bonds. The minimum atomic E-state index is -0.472. The third-order valence-electron chi connectivity index (χ3n) is 3.41. The van der Waals surface area contributed by atoms with Gasteiger partial charge in [0.05, 0.1) is 0 Å². The lowest BCUT2D eigenvalue weighted by Crippen LogP contribution is -2.45. The second kappa shape index (κ2) is 11.6. The van der Waals surface area contributed by atoms with Crippen LogP contribution in [0.1, 0.15) is 12.8 Å². The van der Waals surface area contributed by atoms with Gasteiger partial charge in [0.25, 0.3) is 0 Å². The zero-order valence-corrected chi connectivity index (χ0v) is 17.1. The van der Waals surface area contributed by atoms with E-state index >= 15 is 0 Å². The topological polar surface area (TPSA) is 106 Å². The highest BCUT2D eigenvalue weighted by molar-refractivity contribution is 7.80. The summed E-state index contributed by atoms with van der Waals surface area (Å²) in [5, 5.41) is 5.70. The van der Waals surface area contributed by atoms with Crippen LogP contribution in [0.25, 0.3) is 0 Å². The van der Waals surface area contributed by atoms with Gasteiger partial charge in [-0.2, -0.15) is 0 Å². The fraction of sp³-hybridized carbons (Fsp3) is 0.111. The number of rotatable bonds is 5. The lowest BCUT2D eigenvalue weighted by atomic mass is 10.3. The van der Waals surface area contributed by atoms with Gasteiger partial charge < -0.3 is 10.6 Å². The van der Waals surface area contributed by atoms with E-state index in [1.807, 2.05) is 0 Å². The van der Waals surface area contributed by atoms with Gasteiger partial charge in [-0.05, 0) is 73.0 Å². The van der Waals surface area contributed by atoms with Crippen LogP contribution in [0.15, 0.2) is 48.5 Å². The van der Waals surface area contributed by atoms with Crippen molar-refractivity contribution in [3.63, 3.8) is 0 Å². The Morgan fingerprint density at radius 3 is 1.30 bits per heavy atom. The molecule has 0 aromatic heterocycles. The molecule has 0 unspecified atom stereocenters. The lowest BCUT2D eigenvalue weighted by Gasteiger charge is -2.12. The maximum absolute atomic E-state index is 12.8. The predicted molar refractivity (Wildman–Crippen MR) is 117 cm³/mol. The number of hydrazine groups is 2. The van der Waals surface area contributed by atoms with Crippen LogP contribution in [-0.2, 0) is 9.59 Å². The second-order valence-electron chi connectivity index (χ2n) is 5.77. The van der Waals surface area contributed by atoms with E-state index in [0.717, 1.165) is 0 Å². The molecule has 2 aromatic rings. The first kappa shape index (κ1) is 22.9. The quantitative estimate of drug-likeness (QED) is 0.303. The molecular weight excluding hydrogens is 434 g/mol. The molecule has 0 aliphatic carbocycles. The van der Waals surface area contributed by atoms with Gasteiger partial charge in [0.15, 0.2) is 10.2 Å². The molecule has 0 fully saturated rings. The summed E-state index contributed by atoms with van der Waals surface area (Å²) in [4.78, 5) is 23.6. The van der Waals surface area contributed by atoms with Crippen molar-refractivity contribution in [3.8, 4) is 0 Å². The summed E-state index contributed by atoms with van der Waals surface area (Å²) >= 11 is 9.98. The average Bonchev–Trinajstić information content (AvgIpc) is 2.72. The second-order valence-corrected chi connectivity index (χ2v) is 6.58. The molecule has 0 bridgehead atoms. The van der Waals surface area contributed by atoms with Crippen LogP contribution in [0, 0.1) is 11.6 Å². The number of thiocarbonyl (C=S) groups is 2. The number of halogens is 2. The van der Waals surface area contributed by atoms with E-state index in [2.05, 4.69) is 32.3 Å². The Hall–Kier alpha value is -3.38. The van der Waals surface area contributed by atoms with Crippen molar-refractivity contribution in [3.05, 3.63) is 60.2 Å². The van der Waals surface area contributed by atoms with E-state index in [1.165, 1.54) is 48.5 Å². The number of nitrogens with one attached hydrogen (secondary N) is 6. The van der Waals surface area contributed by atoms with Gasteiger partial charge >= 0.3 is 0 Å². The van der Waals surface area contributed by atoms with Crippen molar-refractivity contribution < 1.29 is 18.4 Å². The van der Waals surface area contributed by atoms with Crippen LogP contribution in [-0.4, -0.2) is 22.0 Å². The monoisotopic (exact) mass is 452 g/mol. The normalized spacial score (nSPS) is 9.80. The summed E-state index contributed by atoms with van der Waals surface area (Å²) < 4.78 is 25.7. The largest absolute Gasteiger partial charge is 0.331 e. The molecule has 8 nitrogen and oxygen atoms in total. The fourth-order valence-electron chi connectivity index (χ4n) is 2.00. The molecule has 0 radical (unpaired) electrons. The summed E-state index contributed by atoms with van der Waals surface area (Å²) in [5.41, 5.74) is 10.7. The summed E-state index contributed by atoms with van der Waals surface area (Å²) in [7, 11) is 0. The molecule has 2 rings (SSSR count). The Balaban J connectivity index is 1.60. The standard InChI is InChI=1S/C18H18F2N6O2S2/c19-11-1-5-13(6-2-11)21-17(29)25-23-15(27)9-10-16(28)24-26-18(30)22-14-7-3-12(20)4-8-14/h1-8H,9-10H2,(H,23,27)(H,24,28)(H2,21,25,29)(H2,22,26,30). The first-order valence-electron chi connectivity index (χ1n) is 8.54. The number of hydrogen-bond donors (Lipinski definition) is 6. The smallest absolute Gasteiger partial charge is 0.238 e. The highest BCUT2D eigenvalue weighted by Crippen LogP contribution is 2.08. The van der Waals surface area contributed by atoms with Crippen molar-refractivity contribution in [2.75, 3.05) is 10.6 Å². The van der Waals surface area contributed by atoms with Gasteiger partial charge in [-0.3, -0.25) is 31.3 Å². The van der Waals surface area contributed by atoms with E-state index in [1.54, 1.807) is 0 Å². The zero-order valence-electron chi connectivity index (χ0n) is 15.4. The van der Waals surface area contributed by atoms with Crippen molar-refractivity contribution in [2.24, 2.45) is 0 Å². The van der Waals surface area contributed by atoms with Crippen LogP contribution in [0.2, 0.25) is 0 Å². The molecule has 0 saturated carbocycles. The Morgan fingerprint density at radius 2 is 0.967 bits per heavy atom. The summed E-state index contributed by atoms with van der Waals surface area (Å²) in [6, 6.07) is 11.0. The van der Waals surface area contributed by atoms with E-state index in [4.69, 9.17) is 24.4 Å². The zero-order chi connectivity index (χ0) is 21.9. The Morgan fingerprint density at radius 1 is 0.633 bits per heavy atom. The highest BCUT2D eigenvalue weighted by Gasteiger charge is 2.08. The van der Waals surface area contributed by atoms with Gasteiger partial charge in [-0.15, -0.1) is 0 Å². The molecule has 2 aromatic carbocycles. The van der Waals surface area contributed by atoms with Crippen LogP contribution >= 0.6 is 24.4 Å². The minimum absolute atomic E-state index is 0.0956. The SMILES string of the molecule is O=C(CCC(=O)NNC(=S)Nc1ccc(F)cc1)NNC(=S)Nc1ccc(F)cc1. The average molecular weight is 453 g/mol. The Labute approximate surface area is 181 Å². The maximum Gasteiger partial charge on any atom is 0.238 e. The van der Waals surface area contributed by atoms with Gasteiger partial charge in [-0.1, -0.05) is 0 Å². The first-order valence-corrected chi connectivity index (χ1v) is 9.36. The van der Waals surface area contributed by atoms with Crippen LogP contribution in [0.5, 0.6) is 0 Å². The molecule has 12 heteroatoms. The van der Waals surface area contributed by atoms with Crippen molar-refractivity contribution in [2.45, 2.75) is 12.8 Å². The molecule has 158 valence electrons. The molecule has 0 spiro atoms. The number of carbonyl (C=O) groups excluding carboxylic acids is 2. The molecule has 0 saturated heterocycles. The van der Waals surface area contributed by atoms with Crippen LogP contribution in [0.3, 0.4) is 0 Å². The lowest BCUT2D eigenvalue weighted by molar-refractivity contribution is -0.127. The third-order valence-corrected chi connectivity index (χ3v) is 3.82. The van der Waals surface area contributed by atoms with Gasteiger partial charge in [0.1, 0.15) is 11.6 Å². The summed E-state index contributed by atoms with van der Waals surface area (Å²) in [6.07, 6.45) is -0.227. The molecule has 0 aliphatic heterocycles. The Bertz CT molecular complexity index is 834. The van der Waals surface area contributed by atoms with Gasteiger partial charge in [0, 0.05) is 24.2 Å². The van der Waals surface area contributed by atoms with Gasteiger partial charge in [0.2, 0.25) is 11.8 Å². The maximum atomic E-state index is 12.8. The number of benzene rings is 2. The molecule has 0 atom stereocenters. The van der Waals surface area contributed by atoms with Gasteiger partial charge in [-0.25, -0.2) is 8.78 Å². The van der Waals surface area contributed by atoms with Crippen molar-refractivity contribution in [1.29, 1.82) is 0 Å². The summed E-state index contributed by atoms with van der Waals surface area (Å²) in [6.45, 7) is 0. The number of anilines is 2. The molecule has 6 N–H and O–H groups in total. The van der Waals surface area contributed by atoms with E-state index < -0.39 is 11.8 Å². The highest BCUT2D eigenvalue weighted by atomic mass is 32.1. The number of carbonyl (C=O) groups is 2. The first-order chi connectivity index (χ1) is 14.3. The van der Waals surface area contributed by atoms with E-state index in [-0.39, 0.29) is 34.7 Å². The molecule has 0 heterocycles. The molecular formula is C18H18F2N6O2S2. The Kier molecular flexibility index (Phi) is 8.84. The molecule has 0 aliphatic rings. The minimum Gasteiger partial charge on any atom is -0.331 e. The number of amides is 2. The van der Waals surface area contributed by atoms with Crippen molar-refractivity contribution in [1.82, 2.24) is 21.7 Å². The fourth-order valence-corrected chi connectivity index (χ4v) is 2.33. The summed E-state index contributed by atoms with van der Waals surface area (Å²) in [5.74, 6) is -1.71. The predicted octanol–water partition coefficient (Wildman–Crippen LogP) is 2.08. The molecule has 30 heavy (non-hydrogen) atoms. The van der Waals surface area contributed by atoms with Crippen LogP contribution in [0.4, 0.5) is 20.2 Å². The van der Waals surface area contributed by atoms with E-state index in [0.29, 0.717) is 11.4 Å². The van der Waals surface area contributed by atoms with E-state index in [9.17, 15) is 18.4 Å².